The molecule has 0 aliphatic rings. The third kappa shape index (κ3) is 8.30. The molecule has 2 unspecified atom stereocenters. The van der Waals surface area contributed by atoms with Crippen LogP contribution >= 0.6 is 46.4 Å². The number of halogens is 4. The highest BCUT2D eigenvalue weighted by molar-refractivity contribution is 7.92. The van der Waals surface area contributed by atoms with Gasteiger partial charge in [-0.3, -0.25) is 13.9 Å². The van der Waals surface area contributed by atoms with Gasteiger partial charge < -0.3 is 10.2 Å². The maximum Gasteiger partial charge on any atom is 0.264 e. The Morgan fingerprint density at radius 1 is 0.878 bits per heavy atom. The zero-order chi connectivity index (χ0) is 30.5. The summed E-state index contributed by atoms with van der Waals surface area (Å²) >= 11 is 25.1. The summed E-state index contributed by atoms with van der Waals surface area (Å²) in [5, 5.41) is 3.89. The van der Waals surface area contributed by atoms with Crippen molar-refractivity contribution < 1.29 is 18.0 Å². The van der Waals surface area contributed by atoms with Crippen molar-refractivity contribution >= 4 is 73.9 Å². The van der Waals surface area contributed by atoms with E-state index in [0.717, 1.165) is 9.87 Å². The zero-order valence-corrected chi connectivity index (χ0v) is 26.8. The van der Waals surface area contributed by atoms with Crippen LogP contribution in [-0.2, 0) is 26.2 Å². The first-order valence-electron chi connectivity index (χ1n) is 12.8. The summed E-state index contributed by atoms with van der Waals surface area (Å²) in [4.78, 5) is 28.4. The van der Waals surface area contributed by atoms with Crippen molar-refractivity contribution in [1.82, 2.24) is 10.2 Å². The fraction of sp³-hybridized carbons (Fsp3) is 0.310. The van der Waals surface area contributed by atoms with Gasteiger partial charge in [-0.15, -0.1) is 0 Å². The molecular formula is C29H31Cl4N3O4S. The molecule has 3 aromatic carbocycles. The van der Waals surface area contributed by atoms with E-state index in [9.17, 15) is 18.0 Å². The van der Waals surface area contributed by atoms with E-state index in [1.807, 2.05) is 20.8 Å². The SMILES string of the molecule is CCC(C)NC(=O)C(C)N(Cc1ccc(Cl)cc1Cl)C(=O)CN(c1cc(Cl)ccc1Cl)S(=O)(=O)c1ccc(C)cc1. The molecule has 3 rings (SSSR count). The van der Waals surface area contributed by atoms with Gasteiger partial charge in [0.05, 0.1) is 15.6 Å². The smallest absolute Gasteiger partial charge is 0.264 e. The van der Waals surface area contributed by atoms with Crippen molar-refractivity contribution in [2.45, 2.75) is 57.6 Å². The molecule has 0 aliphatic carbocycles. The Bertz CT molecular complexity index is 1520. The standard InChI is InChI=1S/C29H31Cl4N3O4S/c1-5-19(3)34-29(38)20(4)35(16-21-8-9-22(30)14-26(21)33)28(37)17-36(27-15-23(31)10-13-25(27)32)41(39,40)24-11-6-18(2)7-12-24/h6-15,19-20H,5,16-17H2,1-4H3,(H,34,38). The van der Waals surface area contributed by atoms with Crippen LogP contribution in [0.1, 0.15) is 38.3 Å². The lowest BCUT2D eigenvalue weighted by Crippen LogP contribution is -2.52. The predicted octanol–water partition coefficient (Wildman–Crippen LogP) is 7.14. The van der Waals surface area contributed by atoms with Crippen LogP contribution in [0.3, 0.4) is 0 Å². The number of anilines is 1. The summed E-state index contributed by atoms with van der Waals surface area (Å²) in [5.41, 5.74) is 1.41. The molecule has 0 saturated carbocycles. The average molecular weight is 659 g/mol. The molecule has 2 atom stereocenters. The number of amides is 2. The molecular weight excluding hydrogens is 628 g/mol. The summed E-state index contributed by atoms with van der Waals surface area (Å²) in [6, 6.07) is 14.3. The van der Waals surface area contributed by atoms with E-state index in [2.05, 4.69) is 5.32 Å². The number of hydrogen-bond acceptors (Lipinski definition) is 4. The molecule has 3 aromatic rings. The molecule has 0 aromatic heterocycles. The van der Waals surface area contributed by atoms with E-state index >= 15 is 0 Å². The van der Waals surface area contributed by atoms with E-state index < -0.39 is 34.4 Å². The first kappa shape index (κ1) is 33.0. The Balaban J connectivity index is 2.09. The third-order valence-corrected chi connectivity index (χ3v) is 9.50. The molecule has 220 valence electrons. The Morgan fingerprint density at radius 3 is 2.10 bits per heavy atom. The lowest BCUT2D eigenvalue weighted by Gasteiger charge is -2.33. The average Bonchev–Trinajstić information content (AvgIpc) is 2.92. The molecule has 0 radical (unpaired) electrons. The van der Waals surface area contributed by atoms with E-state index in [1.54, 1.807) is 31.2 Å². The van der Waals surface area contributed by atoms with Gasteiger partial charge in [0, 0.05) is 27.7 Å². The van der Waals surface area contributed by atoms with Crippen LogP contribution in [0.4, 0.5) is 5.69 Å². The van der Waals surface area contributed by atoms with Gasteiger partial charge in [0.2, 0.25) is 11.8 Å². The number of aryl methyl sites for hydroxylation is 1. The number of nitrogens with zero attached hydrogens (tertiary/aromatic N) is 2. The molecule has 12 heteroatoms. The second-order valence-corrected chi connectivity index (χ2v) is 13.2. The summed E-state index contributed by atoms with van der Waals surface area (Å²) < 4.78 is 28.8. The van der Waals surface area contributed by atoms with Crippen molar-refractivity contribution in [3.63, 3.8) is 0 Å². The van der Waals surface area contributed by atoms with Crippen LogP contribution in [0.2, 0.25) is 20.1 Å². The highest BCUT2D eigenvalue weighted by Crippen LogP contribution is 2.33. The molecule has 0 aliphatic heterocycles. The van der Waals surface area contributed by atoms with Crippen molar-refractivity contribution in [2.24, 2.45) is 0 Å². The molecule has 7 nitrogen and oxygen atoms in total. The molecule has 2 amide bonds. The summed E-state index contributed by atoms with van der Waals surface area (Å²) in [5.74, 6) is -1.05. The molecule has 0 saturated heterocycles. The minimum absolute atomic E-state index is 0.0225. The fourth-order valence-corrected chi connectivity index (χ4v) is 6.24. The Hall–Kier alpha value is -2.49. The summed E-state index contributed by atoms with van der Waals surface area (Å²) in [7, 11) is -4.30. The minimum atomic E-state index is -4.30. The van der Waals surface area contributed by atoms with Gasteiger partial charge >= 0.3 is 0 Å². The van der Waals surface area contributed by atoms with Crippen molar-refractivity contribution in [3.8, 4) is 0 Å². The number of hydrogen-bond donors (Lipinski definition) is 1. The van der Waals surface area contributed by atoms with Crippen LogP contribution in [0.25, 0.3) is 0 Å². The summed E-state index contributed by atoms with van der Waals surface area (Å²) in [6.45, 7) is 6.44. The van der Waals surface area contributed by atoms with Gasteiger partial charge in [-0.25, -0.2) is 8.42 Å². The molecule has 0 fully saturated rings. The number of rotatable bonds is 11. The predicted molar refractivity (Wildman–Crippen MR) is 167 cm³/mol. The Kier molecular flexibility index (Phi) is 11.4. The fourth-order valence-electron chi connectivity index (χ4n) is 3.91. The lowest BCUT2D eigenvalue weighted by molar-refractivity contribution is -0.139. The second-order valence-electron chi connectivity index (χ2n) is 9.67. The van der Waals surface area contributed by atoms with E-state index in [0.29, 0.717) is 22.0 Å². The highest BCUT2D eigenvalue weighted by atomic mass is 35.5. The molecule has 0 heterocycles. The van der Waals surface area contributed by atoms with Crippen molar-refractivity contribution in [1.29, 1.82) is 0 Å². The monoisotopic (exact) mass is 657 g/mol. The van der Waals surface area contributed by atoms with Gasteiger partial charge in [-0.1, -0.05) is 77.1 Å². The number of sulfonamides is 1. The van der Waals surface area contributed by atoms with Crippen molar-refractivity contribution in [3.05, 3.63) is 91.9 Å². The van der Waals surface area contributed by atoms with Gasteiger partial charge in [-0.2, -0.15) is 0 Å². The van der Waals surface area contributed by atoms with E-state index in [4.69, 9.17) is 46.4 Å². The van der Waals surface area contributed by atoms with E-state index in [-0.39, 0.29) is 33.2 Å². The van der Waals surface area contributed by atoms with Crippen LogP contribution in [-0.4, -0.2) is 43.8 Å². The minimum Gasteiger partial charge on any atom is -0.352 e. The van der Waals surface area contributed by atoms with Crippen LogP contribution < -0.4 is 9.62 Å². The van der Waals surface area contributed by atoms with Gasteiger partial charge in [0.25, 0.3) is 10.0 Å². The first-order chi connectivity index (χ1) is 19.2. The maximum absolute atomic E-state index is 14.0. The zero-order valence-electron chi connectivity index (χ0n) is 23.0. The van der Waals surface area contributed by atoms with E-state index in [1.165, 1.54) is 41.3 Å². The van der Waals surface area contributed by atoms with Crippen LogP contribution in [0.15, 0.2) is 65.6 Å². The second kappa shape index (κ2) is 14.1. The first-order valence-corrected chi connectivity index (χ1v) is 15.8. The molecule has 0 bridgehead atoms. The normalized spacial score (nSPS) is 12.9. The number of nitrogens with one attached hydrogen (secondary N) is 1. The Morgan fingerprint density at radius 2 is 1.49 bits per heavy atom. The number of benzene rings is 3. The van der Waals surface area contributed by atoms with Crippen molar-refractivity contribution in [2.75, 3.05) is 10.8 Å². The Labute approximate surface area is 261 Å². The molecule has 41 heavy (non-hydrogen) atoms. The lowest BCUT2D eigenvalue weighted by atomic mass is 10.1. The molecule has 1 N–H and O–H groups in total. The summed E-state index contributed by atoms with van der Waals surface area (Å²) in [6.07, 6.45) is 0.686. The maximum atomic E-state index is 14.0. The largest absolute Gasteiger partial charge is 0.352 e. The highest BCUT2D eigenvalue weighted by Gasteiger charge is 2.34. The molecule has 0 spiro atoms. The topological polar surface area (TPSA) is 86.8 Å². The van der Waals surface area contributed by atoms with Crippen LogP contribution in [0, 0.1) is 6.92 Å². The van der Waals surface area contributed by atoms with Gasteiger partial charge in [-0.05, 0) is 75.2 Å². The van der Waals surface area contributed by atoms with Gasteiger partial charge in [0.15, 0.2) is 0 Å². The van der Waals surface area contributed by atoms with Crippen LogP contribution in [0.5, 0.6) is 0 Å². The number of carbonyl (C=O) groups is 2. The number of carbonyl (C=O) groups excluding carboxylic acids is 2. The quantitative estimate of drug-likeness (QED) is 0.237. The third-order valence-electron chi connectivity index (χ3n) is 6.59. The van der Waals surface area contributed by atoms with Gasteiger partial charge in [0.1, 0.15) is 12.6 Å².